The zero-order chi connectivity index (χ0) is 12.8. The number of benzene rings is 1. The van der Waals surface area contributed by atoms with E-state index < -0.39 is 0 Å². The zero-order valence-corrected chi connectivity index (χ0v) is 11.2. The third kappa shape index (κ3) is 2.74. The molecule has 1 aromatic carbocycles. The van der Waals surface area contributed by atoms with E-state index in [1.165, 1.54) is 24.8 Å². The number of hydrogen-bond acceptors (Lipinski definition) is 3. The molecule has 1 saturated carbocycles. The van der Waals surface area contributed by atoms with E-state index in [0.717, 1.165) is 19.4 Å². The summed E-state index contributed by atoms with van der Waals surface area (Å²) in [4.78, 5) is 0. The van der Waals surface area contributed by atoms with Gasteiger partial charge in [0, 0.05) is 6.61 Å². The van der Waals surface area contributed by atoms with Gasteiger partial charge < -0.3 is 4.74 Å². The summed E-state index contributed by atoms with van der Waals surface area (Å²) in [6, 6.07) is 10.5. The highest BCUT2D eigenvalue weighted by Crippen LogP contribution is 2.41. The van der Waals surface area contributed by atoms with Crippen LogP contribution in [0, 0.1) is 0 Å². The molecule has 3 N–H and O–H groups in total. The SMILES string of the molecule is CCOC1(C(NN)c2ccccc2)CCCCC1. The summed E-state index contributed by atoms with van der Waals surface area (Å²) < 4.78 is 6.14. The first-order valence-electron chi connectivity index (χ1n) is 6.97. The molecule has 0 aromatic heterocycles. The predicted molar refractivity (Wildman–Crippen MR) is 73.9 cm³/mol. The lowest BCUT2D eigenvalue weighted by atomic mass is 9.77. The van der Waals surface area contributed by atoms with Gasteiger partial charge in [-0.2, -0.15) is 0 Å². The van der Waals surface area contributed by atoms with Gasteiger partial charge in [-0.1, -0.05) is 49.6 Å². The van der Waals surface area contributed by atoms with Crippen molar-refractivity contribution in [1.82, 2.24) is 5.43 Å². The van der Waals surface area contributed by atoms with Gasteiger partial charge in [0.15, 0.2) is 0 Å². The molecule has 1 unspecified atom stereocenters. The molecule has 1 aliphatic rings. The molecule has 1 aliphatic carbocycles. The molecule has 18 heavy (non-hydrogen) atoms. The van der Waals surface area contributed by atoms with E-state index in [-0.39, 0.29) is 11.6 Å². The van der Waals surface area contributed by atoms with E-state index in [1.807, 2.05) is 6.07 Å². The molecular weight excluding hydrogens is 224 g/mol. The van der Waals surface area contributed by atoms with Crippen molar-refractivity contribution in [2.24, 2.45) is 5.84 Å². The Morgan fingerprint density at radius 2 is 1.89 bits per heavy atom. The Morgan fingerprint density at radius 1 is 1.22 bits per heavy atom. The lowest BCUT2D eigenvalue weighted by Gasteiger charge is -2.43. The molecule has 1 atom stereocenters. The number of hydrogen-bond donors (Lipinski definition) is 2. The van der Waals surface area contributed by atoms with Gasteiger partial charge in [0.05, 0.1) is 11.6 Å². The lowest BCUT2D eigenvalue weighted by molar-refractivity contribution is -0.0913. The molecule has 0 radical (unpaired) electrons. The molecule has 0 spiro atoms. The molecule has 3 heteroatoms. The number of ether oxygens (including phenoxy) is 1. The Morgan fingerprint density at radius 3 is 2.44 bits per heavy atom. The number of nitrogens with one attached hydrogen (secondary N) is 1. The van der Waals surface area contributed by atoms with Gasteiger partial charge in [-0.15, -0.1) is 0 Å². The molecule has 1 fully saturated rings. The first kappa shape index (κ1) is 13.5. The molecule has 3 nitrogen and oxygen atoms in total. The highest BCUT2D eigenvalue weighted by molar-refractivity contribution is 5.22. The smallest absolute Gasteiger partial charge is 0.0889 e. The Balaban J connectivity index is 2.27. The fourth-order valence-electron chi connectivity index (χ4n) is 3.15. The van der Waals surface area contributed by atoms with Gasteiger partial charge in [0.1, 0.15) is 0 Å². The molecular formula is C15H24N2O. The van der Waals surface area contributed by atoms with Crippen molar-refractivity contribution >= 4 is 0 Å². The molecule has 0 saturated heterocycles. The van der Waals surface area contributed by atoms with Crippen LogP contribution in [0.15, 0.2) is 30.3 Å². The largest absolute Gasteiger partial charge is 0.373 e. The average molecular weight is 248 g/mol. The Hall–Kier alpha value is -0.900. The summed E-state index contributed by atoms with van der Waals surface area (Å²) in [5, 5.41) is 0. The maximum Gasteiger partial charge on any atom is 0.0889 e. The standard InChI is InChI=1S/C15H24N2O/c1-2-18-15(11-7-4-8-12-15)14(17-16)13-9-5-3-6-10-13/h3,5-6,9-10,14,17H,2,4,7-8,11-12,16H2,1H3. The van der Waals surface area contributed by atoms with Crippen LogP contribution in [0.5, 0.6) is 0 Å². The van der Waals surface area contributed by atoms with Gasteiger partial charge in [-0.05, 0) is 25.3 Å². The minimum Gasteiger partial charge on any atom is -0.373 e. The summed E-state index contributed by atoms with van der Waals surface area (Å²) >= 11 is 0. The monoisotopic (exact) mass is 248 g/mol. The van der Waals surface area contributed by atoms with E-state index >= 15 is 0 Å². The number of hydrazine groups is 1. The Bertz CT molecular complexity index is 341. The summed E-state index contributed by atoms with van der Waals surface area (Å²) in [6.07, 6.45) is 5.94. The fourth-order valence-corrected chi connectivity index (χ4v) is 3.15. The Kier molecular flexibility index (Phi) is 4.75. The number of rotatable bonds is 5. The summed E-state index contributed by atoms with van der Waals surface area (Å²) in [7, 11) is 0. The van der Waals surface area contributed by atoms with Gasteiger partial charge in [0.2, 0.25) is 0 Å². The van der Waals surface area contributed by atoms with Crippen LogP contribution in [0.3, 0.4) is 0 Å². The van der Waals surface area contributed by atoms with Crippen molar-refractivity contribution in [3.63, 3.8) is 0 Å². The van der Waals surface area contributed by atoms with Crippen LogP contribution in [0.2, 0.25) is 0 Å². The fraction of sp³-hybridized carbons (Fsp3) is 0.600. The van der Waals surface area contributed by atoms with Gasteiger partial charge in [-0.3, -0.25) is 11.3 Å². The van der Waals surface area contributed by atoms with Crippen LogP contribution in [0.4, 0.5) is 0 Å². The molecule has 0 amide bonds. The topological polar surface area (TPSA) is 47.3 Å². The van der Waals surface area contributed by atoms with E-state index in [4.69, 9.17) is 10.6 Å². The van der Waals surface area contributed by atoms with Crippen LogP contribution in [-0.4, -0.2) is 12.2 Å². The highest BCUT2D eigenvalue weighted by atomic mass is 16.5. The minimum absolute atomic E-state index is 0.0824. The molecule has 2 rings (SSSR count). The third-order valence-electron chi connectivity index (χ3n) is 3.96. The summed E-state index contributed by atoms with van der Waals surface area (Å²) in [5.41, 5.74) is 4.07. The van der Waals surface area contributed by atoms with Crippen molar-refractivity contribution in [1.29, 1.82) is 0 Å². The second-order valence-corrected chi connectivity index (χ2v) is 5.07. The molecule has 0 bridgehead atoms. The zero-order valence-electron chi connectivity index (χ0n) is 11.2. The molecule has 0 aliphatic heterocycles. The first-order chi connectivity index (χ1) is 8.82. The van der Waals surface area contributed by atoms with Crippen LogP contribution in [-0.2, 0) is 4.74 Å². The maximum atomic E-state index is 6.14. The van der Waals surface area contributed by atoms with Crippen LogP contribution in [0.25, 0.3) is 0 Å². The van der Waals surface area contributed by atoms with Crippen molar-refractivity contribution in [3.8, 4) is 0 Å². The minimum atomic E-state index is -0.136. The predicted octanol–water partition coefficient (Wildman–Crippen LogP) is 2.93. The van der Waals surface area contributed by atoms with Crippen LogP contribution < -0.4 is 11.3 Å². The van der Waals surface area contributed by atoms with Crippen LogP contribution >= 0.6 is 0 Å². The maximum absolute atomic E-state index is 6.14. The van der Waals surface area contributed by atoms with E-state index in [0.29, 0.717) is 0 Å². The van der Waals surface area contributed by atoms with Gasteiger partial charge in [-0.25, -0.2) is 0 Å². The highest BCUT2D eigenvalue weighted by Gasteiger charge is 2.40. The normalized spacial score (nSPS) is 20.6. The second kappa shape index (κ2) is 6.32. The lowest BCUT2D eigenvalue weighted by Crippen LogP contribution is -2.49. The first-order valence-corrected chi connectivity index (χ1v) is 6.97. The second-order valence-electron chi connectivity index (χ2n) is 5.07. The third-order valence-corrected chi connectivity index (χ3v) is 3.96. The molecule has 100 valence electrons. The average Bonchev–Trinajstić information content (AvgIpc) is 2.42. The quantitative estimate of drug-likeness (QED) is 0.622. The summed E-state index contributed by atoms with van der Waals surface area (Å²) in [6.45, 7) is 2.81. The summed E-state index contributed by atoms with van der Waals surface area (Å²) in [5.74, 6) is 5.82. The molecule has 0 heterocycles. The van der Waals surface area contributed by atoms with Crippen molar-refractivity contribution in [2.75, 3.05) is 6.61 Å². The van der Waals surface area contributed by atoms with E-state index in [9.17, 15) is 0 Å². The van der Waals surface area contributed by atoms with Gasteiger partial charge >= 0.3 is 0 Å². The van der Waals surface area contributed by atoms with Gasteiger partial charge in [0.25, 0.3) is 0 Å². The Labute approximate surface area is 110 Å². The van der Waals surface area contributed by atoms with Crippen molar-refractivity contribution in [2.45, 2.75) is 50.7 Å². The van der Waals surface area contributed by atoms with Crippen molar-refractivity contribution < 1.29 is 4.74 Å². The van der Waals surface area contributed by atoms with E-state index in [1.54, 1.807) is 0 Å². The number of nitrogens with two attached hydrogens (primary N) is 1. The molecule has 1 aromatic rings. The van der Waals surface area contributed by atoms with E-state index in [2.05, 4.69) is 36.6 Å². The van der Waals surface area contributed by atoms with Crippen molar-refractivity contribution in [3.05, 3.63) is 35.9 Å². The van der Waals surface area contributed by atoms with Crippen LogP contribution in [0.1, 0.15) is 50.6 Å².